The molecular formula is C17H19ClN4O. The van der Waals surface area contributed by atoms with Crippen molar-refractivity contribution in [2.24, 2.45) is 5.92 Å². The molecule has 3 unspecified atom stereocenters. The second-order valence-corrected chi connectivity index (χ2v) is 6.89. The average molecular weight is 331 g/mol. The van der Waals surface area contributed by atoms with Crippen LogP contribution in [0.3, 0.4) is 0 Å². The molecule has 5 nitrogen and oxygen atoms in total. The van der Waals surface area contributed by atoms with E-state index in [0.29, 0.717) is 5.92 Å². The Bertz CT molecular complexity index is 685. The van der Waals surface area contributed by atoms with Crippen LogP contribution in [0.2, 0.25) is 5.02 Å². The molecule has 23 heavy (non-hydrogen) atoms. The highest BCUT2D eigenvalue weighted by Crippen LogP contribution is 2.49. The minimum atomic E-state index is 0.130. The van der Waals surface area contributed by atoms with Crippen molar-refractivity contribution in [1.29, 1.82) is 0 Å². The summed E-state index contributed by atoms with van der Waals surface area (Å²) in [5.74, 6) is 0.770. The van der Waals surface area contributed by atoms with Crippen LogP contribution < -0.4 is 0 Å². The van der Waals surface area contributed by atoms with Gasteiger partial charge in [-0.05, 0) is 42.9 Å². The van der Waals surface area contributed by atoms with E-state index in [0.717, 1.165) is 37.4 Å². The van der Waals surface area contributed by atoms with Crippen molar-refractivity contribution < 1.29 is 4.79 Å². The molecule has 3 atom stereocenters. The number of carbonyl (C=O) groups excluding carboxylic acids is 1. The third-order valence-electron chi connectivity index (χ3n) is 4.92. The maximum absolute atomic E-state index is 12.8. The van der Waals surface area contributed by atoms with Gasteiger partial charge in [-0.2, -0.15) is 5.10 Å². The molecule has 0 radical (unpaired) electrons. The first-order valence-electron chi connectivity index (χ1n) is 8.11. The lowest BCUT2D eigenvalue weighted by molar-refractivity contribution is -0.134. The van der Waals surface area contributed by atoms with E-state index < -0.39 is 0 Å². The number of amides is 1. The quantitative estimate of drug-likeness (QED) is 0.869. The molecule has 2 heterocycles. The average Bonchev–Trinajstić information content (AvgIpc) is 3.18. The minimum absolute atomic E-state index is 0.130. The van der Waals surface area contributed by atoms with Crippen LogP contribution in [-0.2, 0) is 4.79 Å². The third kappa shape index (κ3) is 2.98. The summed E-state index contributed by atoms with van der Waals surface area (Å²) in [6, 6.07) is 8.13. The fourth-order valence-electron chi connectivity index (χ4n) is 3.56. The Morgan fingerprint density at radius 1 is 1.26 bits per heavy atom. The van der Waals surface area contributed by atoms with Crippen LogP contribution in [0, 0.1) is 5.92 Å². The molecule has 1 aromatic carbocycles. The minimum Gasteiger partial charge on any atom is -0.340 e. The Kier molecular flexibility index (Phi) is 3.81. The van der Waals surface area contributed by atoms with E-state index in [-0.39, 0.29) is 17.9 Å². The Morgan fingerprint density at radius 2 is 2.09 bits per heavy atom. The van der Waals surface area contributed by atoms with Gasteiger partial charge in [-0.15, -0.1) is 0 Å². The summed E-state index contributed by atoms with van der Waals surface area (Å²) in [4.78, 5) is 18.8. The SMILES string of the molecule is O=C(C1CC1c1ccc(Cl)cc1)N1CCCC(n2cncn2)C1. The van der Waals surface area contributed by atoms with E-state index in [1.165, 1.54) is 5.56 Å². The lowest BCUT2D eigenvalue weighted by Gasteiger charge is -2.32. The largest absolute Gasteiger partial charge is 0.340 e. The van der Waals surface area contributed by atoms with E-state index >= 15 is 0 Å². The van der Waals surface area contributed by atoms with Crippen molar-refractivity contribution in [2.75, 3.05) is 13.1 Å². The monoisotopic (exact) mass is 330 g/mol. The first kappa shape index (κ1) is 14.7. The normalized spacial score (nSPS) is 27.0. The molecular weight excluding hydrogens is 312 g/mol. The molecule has 1 aliphatic carbocycles. The topological polar surface area (TPSA) is 51.0 Å². The smallest absolute Gasteiger partial charge is 0.226 e. The molecule has 2 fully saturated rings. The standard InChI is InChI=1S/C17H19ClN4O/c18-13-5-3-12(4-6-13)15-8-16(15)17(23)21-7-1-2-14(9-21)22-11-19-10-20-22/h3-6,10-11,14-16H,1-2,7-9H2. The van der Waals surface area contributed by atoms with Gasteiger partial charge in [0.2, 0.25) is 5.91 Å². The van der Waals surface area contributed by atoms with Gasteiger partial charge in [-0.1, -0.05) is 23.7 Å². The van der Waals surface area contributed by atoms with Crippen molar-refractivity contribution in [3.8, 4) is 0 Å². The van der Waals surface area contributed by atoms with Crippen molar-refractivity contribution in [3.05, 3.63) is 47.5 Å². The molecule has 1 aliphatic heterocycles. The molecule has 2 aliphatic rings. The molecule has 4 rings (SSSR count). The molecule has 1 aromatic heterocycles. The van der Waals surface area contributed by atoms with Crippen LogP contribution in [-0.4, -0.2) is 38.7 Å². The number of halogens is 1. The van der Waals surface area contributed by atoms with Gasteiger partial charge in [0.15, 0.2) is 0 Å². The maximum Gasteiger partial charge on any atom is 0.226 e. The summed E-state index contributed by atoms with van der Waals surface area (Å²) < 4.78 is 1.88. The van der Waals surface area contributed by atoms with Gasteiger partial charge in [0.05, 0.1) is 6.04 Å². The molecule has 0 bridgehead atoms. The van der Waals surface area contributed by atoms with Gasteiger partial charge in [0.1, 0.15) is 12.7 Å². The molecule has 2 aromatic rings. The fourth-order valence-corrected chi connectivity index (χ4v) is 3.68. The highest BCUT2D eigenvalue weighted by atomic mass is 35.5. The van der Waals surface area contributed by atoms with Gasteiger partial charge >= 0.3 is 0 Å². The Labute approximate surface area is 140 Å². The summed E-state index contributed by atoms with van der Waals surface area (Å²) in [6.07, 6.45) is 6.32. The number of rotatable bonds is 3. The molecule has 1 amide bonds. The van der Waals surface area contributed by atoms with E-state index in [1.807, 2.05) is 33.8 Å². The lowest BCUT2D eigenvalue weighted by Crippen LogP contribution is -2.41. The first-order chi connectivity index (χ1) is 11.2. The van der Waals surface area contributed by atoms with Crippen molar-refractivity contribution in [2.45, 2.75) is 31.2 Å². The highest BCUT2D eigenvalue weighted by molar-refractivity contribution is 6.30. The number of nitrogens with zero attached hydrogens (tertiary/aromatic N) is 4. The van der Waals surface area contributed by atoms with Crippen LogP contribution in [0.5, 0.6) is 0 Å². The summed E-state index contributed by atoms with van der Waals surface area (Å²) >= 11 is 5.93. The number of carbonyl (C=O) groups is 1. The zero-order valence-electron chi connectivity index (χ0n) is 12.8. The first-order valence-corrected chi connectivity index (χ1v) is 8.48. The number of piperidine rings is 1. The number of aromatic nitrogens is 3. The highest BCUT2D eigenvalue weighted by Gasteiger charge is 2.46. The van der Waals surface area contributed by atoms with Crippen LogP contribution >= 0.6 is 11.6 Å². The van der Waals surface area contributed by atoms with Crippen molar-refractivity contribution >= 4 is 17.5 Å². The third-order valence-corrected chi connectivity index (χ3v) is 5.18. The van der Waals surface area contributed by atoms with Crippen molar-refractivity contribution in [3.63, 3.8) is 0 Å². The number of benzene rings is 1. The zero-order valence-corrected chi connectivity index (χ0v) is 13.6. The predicted molar refractivity (Wildman–Crippen MR) is 87.2 cm³/mol. The van der Waals surface area contributed by atoms with E-state index in [9.17, 15) is 4.79 Å². The lowest BCUT2D eigenvalue weighted by atomic mass is 10.0. The van der Waals surface area contributed by atoms with Gasteiger partial charge in [-0.3, -0.25) is 4.79 Å². The second kappa shape index (κ2) is 5.96. The van der Waals surface area contributed by atoms with Crippen LogP contribution in [0.4, 0.5) is 0 Å². The molecule has 120 valence electrons. The molecule has 0 spiro atoms. The van der Waals surface area contributed by atoms with Crippen molar-refractivity contribution in [1.82, 2.24) is 19.7 Å². The fraction of sp³-hybridized carbons (Fsp3) is 0.471. The summed E-state index contributed by atoms with van der Waals surface area (Å²) in [6.45, 7) is 1.60. The molecule has 6 heteroatoms. The predicted octanol–water partition coefficient (Wildman–Crippen LogP) is 2.90. The Morgan fingerprint density at radius 3 is 2.83 bits per heavy atom. The number of hydrogen-bond acceptors (Lipinski definition) is 3. The van der Waals surface area contributed by atoms with Gasteiger partial charge in [0, 0.05) is 24.0 Å². The Balaban J connectivity index is 1.40. The van der Waals surface area contributed by atoms with E-state index in [2.05, 4.69) is 10.1 Å². The second-order valence-electron chi connectivity index (χ2n) is 6.46. The van der Waals surface area contributed by atoms with E-state index in [1.54, 1.807) is 12.7 Å². The summed E-state index contributed by atoms with van der Waals surface area (Å²) in [5.41, 5.74) is 1.22. The van der Waals surface area contributed by atoms with Gasteiger partial charge in [0.25, 0.3) is 0 Å². The molecule has 1 saturated carbocycles. The van der Waals surface area contributed by atoms with Crippen LogP contribution in [0.1, 0.15) is 36.8 Å². The molecule has 1 saturated heterocycles. The zero-order chi connectivity index (χ0) is 15.8. The molecule has 0 N–H and O–H groups in total. The van der Waals surface area contributed by atoms with Crippen LogP contribution in [0.15, 0.2) is 36.9 Å². The van der Waals surface area contributed by atoms with Gasteiger partial charge < -0.3 is 4.90 Å². The maximum atomic E-state index is 12.8. The number of hydrogen-bond donors (Lipinski definition) is 0. The number of likely N-dealkylation sites (tertiary alicyclic amines) is 1. The van der Waals surface area contributed by atoms with E-state index in [4.69, 9.17) is 11.6 Å². The van der Waals surface area contributed by atoms with Crippen LogP contribution in [0.25, 0.3) is 0 Å². The summed E-state index contributed by atoms with van der Waals surface area (Å²) in [7, 11) is 0. The van der Waals surface area contributed by atoms with Gasteiger partial charge in [-0.25, -0.2) is 9.67 Å². The Hall–Kier alpha value is -1.88. The summed E-state index contributed by atoms with van der Waals surface area (Å²) in [5, 5.41) is 4.96.